The second-order valence-corrected chi connectivity index (χ2v) is 6.93. The monoisotopic (exact) mass is 313 g/mol. The van der Waals surface area contributed by atoms with Crippen LogP contribution in [0.4, 0.5) is 0 Å². The molecule has 0 saturated heterocycles. The summed E-state index contributed by atoms with van der Waals surface area (Å²) in [7, 11) is 0. The van der Waals surface area contributed by atoms with Gasteiger partial charge in [-0.1, -0.05) is 51.1 Å². The smallest absolute Gasteiger partial charge is 0.225 e. The van der Waals surface area contributed by atoms with Gasteiger partial charge >= 0.3 is 0 Å². The number of nitrogens with one attached hydrogen (secondary N) is 1. The summed E-state index contributed by atoms with van der Waals surface area (Å²) in [6.45, 7) is 7.41. The Bertz CT molecular complexity index is 686. The van der Waals surface area contributed by atoms with Crippen molar-refractivity contribution in [3.8, 4) is 11.3 Å². The number of nitrogens with zero attached hydrogens (tertiary/aromatic N) is 2. The van der Waals surface area contributed by atoms with Crippen molar-refractivity contribution in [1.82, 2.24) is 14.9 Å². The van der Waals surface area contributed by atoms with Crippen LogP contribution < -0.4 is 5.32 Å². The summed E-state index contributed by atoms with van der Waals surface area (Å²) >= 11 is 0. The molecule has 0 unspecified atom stereocenters. The number of amides is 1. The lowest BCUT2D eigenvalue weighted by atomic mass is 9.96. The van der Waals surface area contributed by atoms with E-state index in [9.17, 15) is 4.79 Å². The minimum atomic E-state index is -0.385. The summed E-state index contributed by atoms with van der Waals surface area (Å²) in [6, 6.07) is 10.2. The first kappa shape index (κ1) is 15.7. The van der Waals surface area contributed by atoms with Crippen molar-refractivity contribution in [2.24, 2.45) is 5.41 Å². The van der Waals surface area contributed by atoms with Gasteiger partial charge in [-0.25, -0.2) is 4.98 Å². The number of aromatic nitrogens is 2. The molecule has 5 nitrogen and oxygen atoms in total. The molecular weight excluding hydrogens is 290 g/mol. The predicted molar refractivity (Wildman–Crippen MR) is 88.7 cm³/mol. The summed E-state index contributed by atoms with van der Waals surface area (Å²) in [5.41, 5.74) is 1.85. The van der Waals surface area contributed by atoms with Crippen molar-refractivity contribution in [2.75, 3.05) is 6.54 Å². The normalized spacial score (nSPS) is 17.6. The van der Waals surface area contributed by atoms with Crippen LogP contribution in [0.5, 0.6) is 0 Å². The minimum absolute atomic E-state index is 0.0366. The molecule has 2 heterocycles. The number of fused-ring (bicyclic) bond motifs is 1. The van der Waals surface area contributed by atoms with Crippen molar-refractivity contribution < 1.29 is 9.53 Å². The highest BCUT2D eigenvalue weighted by atomic mass is 16.5. The zero-order chi connectivity index (χ0) is 16.4. The summed E-state index contributed by atoms with van der Waals surface area (Å²) in [5, 5.41) is 2.98. The molecule has 1 N–H and O–H groups in total. The van der Waals surface area contributed by atoms with Crippen LogP contribution in [0, 0.1) is 5.41 Å². The van der Waals surface area contributed by atoms with Crippen LogP contribution in [0.25, 0.3) is 11.3 Å². The van der Waals surface area contributed by atoms with Gasteiger partial charge in [0.1, 0.15) is 12.4 Å². The van der Waals surface area contributed by atoms with Crippen molar-refractivity contribution in [3.63, 3.8) is 0 Å². The molecule has 23 heavy (non-hydrogen) atoms. The fourth-order valence-electron chi connectivity index (χ4n) is 2.62. The molecule has 0 spiro atoms. The summed E-state index contributed by atoms with van der Waals surface area (Å²) in [5.74, 6) is 0.975. The van der Waals surface area contributed by atoms with E-state index in [-0.39, 0.29) is 17.4 Å². The number of imidazole rings is 1. The van der Waals surface area contributed by atoms with Crippen LogP contribution in [0.1, 0.15) is 26.6 Å². The Hall–Kier alpha value is -2.14. The van der Waals surface area contributed by atoms with Gasteiger partial charge in [0.05, 0.1) is 24.5 Å². The van der Waals surface area contributed by atoms with Crippen LogP contribution in [0.2, 0.25) is 0 Å². The molecule has 1 aromatic carbocycles. The molecular formula is C18H23N3O2. The molecule has 3 rings (SSSR count). The van der Waals surface area contributed by atoms with E-state index in [0.717, 1.165) is 17.1 Å². The Kier molecular flexibility index (Phi) is 4.22. The molecule has 1 aliphatic rings. The van der Waals surface area contributed by atoms with Gasteiger partial charge in [-0.15, -0.1) is 0 Å². The van der Waals surface area contributed by atoms with Gasteiger partial charge in [0.2, 0.25) is 5.91 Å². The first-order valence-electron chi connectivity index (χ1n) is 7.95. The SMILES string of the molecule is CC(C)(C)C(=O)NC[C@H]1Cn2c(-c3ccccc3)cnc2CO1. The molecule has 0 aliphatic carbocycles. The van der Waals surface area contributed by atoms with Crippen LogP contribution in [0.15, 0.2) is 36.5 Å². The van der Waals surface area contributed by atoms with E-state index < -0.39 is 0 Å². The number of hydrogen-bond acceptors (Lipinski definition) is 3. The molecule has 1 aromatic heterocycles. The maximum absolute atomic E-state index is 12.0. The van der Waals surface area contributed by atoms with E-state index in [1.807, 2.05) is 45.2 Å². The van der Waals surface area contributed by atoms with Crippen molar-refractivity contribution >= 4 is 5.91 Å². The number of benzene rings is 1. The van der Waals surface area contributed by atoms with E-state index in [1.165, 1.54) is 0 Å². The predicted octanol–water partition coefficient (Wildman–Crippen LogP) is 2.61. The highest BCUT2D eigenvalue weighted by molar-refractivity contribution is 5.81. The van der Waals surface area contributed by atoms with E-state index in [2.05, 4.69) is 27.0 Å². The fourth-order valence-corrected chi connectivity index (χ4v) is 2.62. The standard InChI is InChI=1S/C18H23N3O2/c1-18(2,3)17(22)20-9-14-11-21-15(10-19-16(21)12-23-14)13-7-5-4-6-8-13/h4-8,10,14H,9,11-12H2,1-3H3,(H,20,22)/t14-/m0/s1. The highest BCUT2D eigenvalue weighted by Gasteiger charge is 2.26. The van der Waals surface area contributed by atoms with E-state index in [1.54, 1.807) is 0 Å². The number of ether oxygens (including phenoxy) is 1. The van der Waals surface area contributed by atoms with Gasteiger partial charge in [-0.3, -0.25) is 4.79 Å². The van der Waals surface area contributed by atoms with Crippen LogP contribution in [-0.2, 0) is 22.7 Å². The van der Waals surface area contributed by atoms with Crippen LogP contribution in [-0.4, -0.2) is 28.1 Å². The molecule has 0 fully saturated rings. The fraction of sp³-hybridized carbons (Fsp3) is 0.444. The molecule has 5 heteroatoms. The van der Waals surface area contributed by atoms with Crippen molar-refractivity contribution in [1.29, 1.82) is 0 Å². The Labute approximate surface area is 136 Å². The number of hydrogen-bond donors (Lipinski definition) is 1. The van der Waals surface area contributed by atoms with E-state index >= 15 is 0 Å². The third-order valence-corrected chi connectivity index (χ3v) is 4.01. The zero-order valence-corrected chi connectivity index (χ0v) is 13.9. The largest absolute Gasteiger partial charge is 0.367 e. The van der Waals surface area contributed by atoms with E-state index in [4.69, 9.17) is 4.74 Å². The van der Waals surface area contributed by atoms with Gasteiger partial charge in [0.15, 0.2) is 0 Å². The molecule has 0 saturated carbocycles. The third-order valence-electron chi connectivity index (χ3n) is 4.01. The summed E-state index contributed by atoms with van der Waals surface area (Å²) < 4.78 is 8.01. The summed E-state index contributed by atoms with van der Waals surface area (Å²) in [6.07, 6.45) is 1.86. The van der Waals surface area contributed by atoms with Crippen LogP contribution in [0.3, 0.4) is 0 Å². The molecule has 0 radical (unpaired) electrons. The Morgan fingerprint density at radius 2 is 2.09 bits per heavy atom. The lowest BCUT2D eigenvalue weighted by Crippen LogP contribution is -2.42. The average molecular weight is 313 g/mol. The Morgan fingerprint density at radius 3 is 2.78 bits per heavy atom. The van der Waals surface area contributed by atoms with Gasteiger partial charge in [0.25, 0.3) is 0 Å². The second kappa shape index (κ2) is 6.16. The van der Waals surface area contributed by atoms with Crippen molar-refractivity contribution in [2.45, 2.75) is 40.0 Å². The quantitative estimate of drug-likeness (QED) is 0.947. The van der Waals surface area contributed by atoms with Crippen LogP contribution >= 0.6 is 0 Å². The maximum atomic E-state index is 12.0. The molecule has 0 bridgehead atoms. The Morgan fingerprint density at radius 1 is 1.35 bits per heavy atom. The lowest BCUT2D eigenvalue weighted by Gasteiger charge is -2.27. The van der Waals surface area contributed by atoms with Crippen molar-refractivity contribution in [3.05, 3.63) is 42.4 Å². The molecule has 1 atom stereocenters. The maximum Gasteiger partial charge on any atom is 0.225 e. The summed E-state index contributed by atoms with van der Waals surface area (Å²) in [4.78, 5) is 16.5. The first-order chi connectivity index (χ1) is 10.9. The van der Waals surface area contributed by atoms with Gasteiger partial charge in [-0.05, 0) is 5.56 Å². The topological polar surface area (TPSA) is 56.2 Å². The molecule has 1 amide bonds. The second-order valence-electron chi connectivity index (χ2n) is 6.93. The van der Waals surface area contributed by atoms with E-state index in [0.29, 0.717) is 19.7 Å². The molecule has 122 valence electrons. The van der Waals surface area contributed by atoms with Gasteiger partial charge in [0, 0.05) is 12.0 Å². The number of rotatable bonds is 3. The number of carbonyl (C=O) groups excluding carboxylic acids is 1. The number of carbonyl (C=O) groups is 1. The minimum Gasteiger partial charge on any atom is -0.367 e. The average Bonchev–Trinajstić information content (AvgIpc) is 2.95. The lowest BCUT2D eigenvalue weighted by molar-refractivity contribution is -0.129. The molecule has 2 aromatic rings. The van der Waals surface area contributed by atoms with Gasteiger partial charge < -0.3 is 14.6 Å². The first-order valence-corrected chi connectivity index (χ1v) is 7.95. The highest BCUT2D eigenvalue weighted by Crippen LogP contribution is 2.24. The molecule has 1 aliphatic heterocycles. The Balaban J connectivity index is 1.71. The third kappa shape index (κ3) is 3.45. The van der Waals surface area contributed by atoms with Gasteiger partial charge in [-0.2, -0.15) is 0 Å². The zero-order valence-electron chi connectivity index (χ0n) is 13.9.